The van der Waals surface area contributed by atoms with Crippen LogP contribution < -0.4 is 10.6 Å². The Morgan fingerprint density at radius 1 is 1.11 bits per heavy atom. The third kappa shape index (κ3) is 6.84. The molecule has 1 aliphatic heterocycles. The molecule has 1 rings (SSSR count). The van der Waals surface area contributed by atoms with Crippen LogP contribution in [0.3, 0.4) is 0 Å². The fraction of sp³-hybridized carbons (Fsp3) is 0.929. The Balaban J connectivity index is 2.07. The molecule has 1 aliphatic rings. The molecule has 0 spiro atoms. The predicted molar refractivity (Wildman–Crippen MR) is 79.1 cm³/mol. The van der Waals surface area contributed by atoms with Gasteiger partial charge in [0.2, 0.25) is 0 Å². The van der Waals surface area contributed by atoms with Crippen LogP contribution in [0.5, 0.6) is 0 Å². The maximum Gasteiger partial charge on any atom is 0.191 e. The van der Waals surface area contributed by atoms with E-state index in [2.05, 4.69) is 34.4 Å². The standard InChI is InChI=1S/C14H30N4/c1-13(2)7-8-16-14(15-3)17-9-12-18-10-5-4-6-11-18/h13H,4-12H2,1-3H3,(H2,15,16,17). The molecule has 1 saturated heterocycles. The number of guanidine groups is 1. The first kappa shape index (κ1) is 15.3. The molecule has 2 N–H and O–H groups in total. The Hall–Kier alpha value is -0.770. The molecule has 0 aliphatic carbocycles. The van der Waals surface area contributed by atoms with Crippen LogP contribution in [0.4, 0.5) is 0 Å². The van der Waals surface area contributed by atoms with Crippen molar-refractivity contribution in [3.8, 4) is 0 Å². The third-order valence-corrected chi connectivity index (χ3v) is 3.41. The van der Waals surface area contributed by atoms with Crippen molar-refractivity contribution in [2.24, 2.45) is 10.9 Å². The van der Waals surface area contributed by atoms with Crippen LogP contribution in [-0.4, -0.2) is 50.6 Å². The lowest BCUT2D eigenvalue weighted by Gasteiger charge is -2.26. The molecular weight excluding hydrogens is 224 g/mol. The predicted octanol–water partition coefficient (Wildman–Crippen LogP) is 1.68. The van der Waals surface area contributed by atoms with Crippen LogP contribution in [0.25, 0.3) is 0 Å². The van der Waals surface area contributed by atoms with Gasteiger partial charge in [0.15, 0.2) is 5.96 Å². The molecule has 0 radical (unpaired) electrons. The monoisotopic (exact) mass is 254 g/mol. The lowest BCUT2D eigenvalue weighted by molar-refractivity contribution is 0.232. The Labute approximate surface area is 112 Å². The Bertz CT molecular complexity index is 232. The second-order valence-corrected chi connectivity index (χ2v) is 5.51. The van der Waals surface area contributed by atoms with Gasteiger partial charge in [-0.3, -0.25) is 4.99 Å². The molecule has 0 aromatic heterocycles. The maximum atomic E-state index is 4.24. The van der Waals surface area contributed by atoms with Gasteiger partial charge < -0.3 is 15.5 Å². The van der Waals surface area contributed by atoms with Crippen LogP contribution >= 0.6 is 0 Å². The molecule has 4 nitrogen and oxygen atoms in total. The van der Waals surface area contributed by atoms with Gasteiger partial charge in [-0.15, -0.1) is 0 Å². The van der Waals surface area contributed by atoms with Crippen molar-refractivity contribution in [1.29, 1.82) is 0 Å². The number of hydrogen-bond donors (Lipinski definition) is 2. The highest BCUT2D eigenvalue weighted by molar-refractivity contribution is 5.79. The number of piperidine rings is 1. The van der Waals surface area contributed by atoms with Gasteiger partial charge in [-0.25, -0.2) is 0 Å². The summed E-state index contributed by atoms with van der Waals surface area (Å²) in [6, 6.07) is 0. The zero-order valence-corrected chi connectivity index (χ0v) is 12.3. The minimum atomic E-state index is 0.740. The van der Waals surface area contributed by atoms with Crippen molar-refractivity contribution in [1.82, 2.24) is 15.5 Å². The number of aliphatic imine (C=N–C) groups is 1. The average Bonchev–Trinajstić information content (AvgIpc) is 2.38. The van der Waals surface area contributed by atoms with E-state index in [9.17, 15) is 0 Å². The first-order chi connectivity index (χ1) is 8.72. The van der Waals surface area contributed by atoms with Gasteiger partial charge >= 0.3 is 0 Å². The van der Waals surface area contributed by atoms with Crippen molar-refractivity contribution in [3.05, 3.63) is 0 Å². The highest BCUT2D eigenvalue weighted by atomic mass is 15.2. The van der Waals surface area contributed by atoms with Crippen molar-refractivity contribution in [2.45, 2.75) is 39.5 Å². The molecule has 0 unspecified atom stereocenters. The third-order valence-electron chi connectivity index (χ3n) is 3.41. The smallest absolute Gasteiger partial charge is 0.191 e. The summed E-state index contributed by atoms with van der Waals surface area (Å²) in [5.41, 5.74) is 0. The summed E-state index contributed by atoms with van der Waals surface area (Å²) in [6.45, 7) is 10.1. The summed E-state index contributed by atoms with van der Waals surface area (Å²) in [5.74, 6) is 1.68. The first-order valence-corrected chi connectivity index (χ1v) is 7.39. The molecule has 0 bridgehead atoms. The second-order valence-electron chi connectivity index (χ2n) is 5.51. The van der Waals surface area contributed by atoms with Gasteiger partial charge in [0.25, 0.3) is 0 Å². The summed E-state index contributed by atoms with van der Waals surface area (Å²) >= 11 is 0. The number of likely N-dealkylation sites (tertiary alicyclic amines) is 1. The number of hydrogen-bond acceptors (Lipinski definition) is 2. The van der Waals surface area contributed by atoms with Crippen molar-refractivity contribution in [3.63, 3.8) is 0 Å². The average molecular weight is 254 g/mol. The van der Waals surface area contributed by atoms with Crippen molar-refractivity contribution in [2.75, 3.05) is 39.8 Å². The van der Waals surface area contributed by atoms with Crippen LogP contribution in [0.2, 0.25) is 0 Å². The highest BCUT2D eigenvalue weighted by Crippen LogP contribution is 2.07. The van der Waals surface area contributed by atoms with Crippen molar-refractivity contribution >= 4 is 5.96 Å². The quantitative estimate of drug-likeness (QED) is 0.560. The maximum absolute atomic E-state index is 4.24. The Morgan fingerprint density at radius 3 is 2.39 bits per heavy atom. The molecule has 0 saturated carbocycles. The van der Waals surface area contributed by atoms with Gasteiger partial charge in [0.1, 0.15) is 0 Å². The molecule has 18 heavy (non-hydrogen) atoms. The van der Waals surface area contributed by atoms with E-state index in [1.807, 2.05) is 7.05 Å². The van der Waals surface area contributed by atoms with E-state index < -0.39 is 0 Å². The molecule has 1 fully saturated rings. The molecule has 4 heteroatoms. The molecule has 0 amide bonds. The number of rotatable bonds is 6. The number of nitrogens with one attached hydrogen (secondary N) is 2. The van der Waals surface area contributed by atoms with Crippen LogP contribution in [0, 0.1) is 5.92 Å². The van der Waals surface area contributed by atoms with Gasteiger partial charge in [0.05, 0.1) is 0 Å². The summed E-state index contributed by atoms with van der Waals surface area (Å²) in [6.07, 6.45) is 5.32. The molecular formula is C14H30N4. The van der Waals surface area contributed by atoms with E-state index in [4.69, 9.17) is 0 Å². The van der Waals surface area contributed by atoms with Crippen LogP contribution in [0.1, 0.15) is 39.5 Å². The van der Waals surface area contributed by atoms with Gasteiger partial charge in [0, 0.05) is 26.7 Å². The van der Waals surface area contributed by atoms with E-state index in [0.717, 1.165) is 31.5 Å². The molecule has 0 aromatic carbocycles. The Morgan fingerprint density at radius 2 is 1.78 bits per heavy atom. The summed E-state index contributed by atoms with van der Waals surface area (Å²) in [7, 11) is 1.84. The van der Waals surface area contributed by atoms with E-state index in [-0.39, 0.29) is 0 Å². The zero-order chi connectivity index (χ0) is 13.2. The topological polar surface area (TPSA) is 39.7 Å². The van der Waals surface area contributed by atoms with Crippen LogP contribution in [0.15, 0.2) is 4.99 Å². The van der Waals surface area contributed by atoms with Gasteiger partial charge in [-0.05, 0) is 38.3 Å². The molecule has 0 aromatic rings. The van der Waals surface area contributed by atoms with E-state index in [1.54, 1.807) is 0 Å². The summed E-state index contributed by atoms with van der Waals surface area (Å²) < 4.78 is 0. The first-order valence-electron chi connectivity index (χ1n) is 7.39. The zero-order valence-electron chi connectivity index (χ0n) is 12.3. The van der Waals surface area contributed by atoms with Gasteiger partial charge in [-0.1, -0.05) is 20.3 Å². The summed E-state index contributed by atoms with van der Waals surface area (Å²) in [4.78, 5) is 6.78. The van der Waals surface area contributed by atoms with E-state index in [1.165, 1.54) is 38.8 Å². The Kier molecular flexibility index (Phi) is 7.81. The van der Waals surface area contributed by atoms with E-state index >= 15 is 0 Å². The molecule has 1 heterocycles. The van der Waals surface area contributed by atoms with Gasteiger partial charge in [-0.2, -0.15) is 0 Å². The van der Waals surface area contributed by atoms with Crippen LogP contribution in [-0.2, 0) is 0 Å². The normalized spacial score (nSPS) is 18.1. The minimum Gasteiger partial charge on any atom is -0.356 e. The SMILES string of the molecule is CN=C(NCCC(C)C)NCCN1CCCCC1. The second kappa shape index (κ2) is 9.20. The summed E-state index contributed by atoms with van der Waals surface area (Å²) in [5, 5.41) is 6.75. The highest BCUT2D eigenvalue weighted by Gasteiger charge is 2.09. The fourth-order valence-electron chi connectivity index (χ4n) is 2.22. The lowest BCUT2D eigenvalue weighted by atomic mass is 10.1. The minimum absolute atomic E-state index is 0.740. The van der Waals surface area contributed by atoms with Crippen molar-refractivity contribution < 1.29 is 0 Å². The fourth-order valence-corrected chi connectivity index (χ4v) is 2.22. The molecule has 0 atom stereocenters. The lowest BCUT2D eigenvalue weighted by Crippen LogP contribution is -2.43. The number of nitrogens with zero attached hydrogens (tertiary/aromatic N) is 2. The largest absolute Gasteiger partial charge is 0.356 e. The van der Waals surface area contributed by atoms with E-state index in [0.29, 0.717) is 0 Å². The molecule has 106 valence electrons.